The second-order valence-corrected chi connectivity index (χ2v) is 3.94. The summed E-state index contributed by atoms with van der Waals surface area (Å²) >= 11 is 0. The van der Waals surface area contributed by atoms with Crippen molar-refractivity contribution in [2.75, 3.05) is 6.61 Å². The molecule has 1 aromatic carbocycles. The van der Waals surface area contributed by atoms with Gasteiger partial charge in [0, 0.05) is 23.3 Å². The van der Waals surface area contributed by atoms with Crippen molar-refractivity contribution in [1.29, 1.82) is 0 Å². The molecule has 0 fully saturated rings. The first-order valence-corrected chi connectivity index (χ1v) is 5.66. The molecule has 3 nitrogen and oxygen atoms in total. The van der Waals surface area contributed by atoms with Gasteiger partial charge in [0.05, 0.1) is 6.10 Å². The summed E-state index contributed by atoms with van der Waals surface area (Å²) < 4.78 is 5.37. The Morgan fingerprint density at radius 1 is 1.18 bits per heavy atom. The van der Waals surface area contributed by atoms with Crippen molar-refractivity contribution in [3.63, 3.8) is 0 Å². The number of hydrogen-bond donors (Lipinski definition) is 0. The molecule has 0 aromatic heterocycles. The molecule has 0 saturated heterocycles. The molecule has 0 aliphatic heterocycles. The fourth-order valence-electron chi connectivity index (χ4n) is 1.98. The number of benzene rings is 1. The average molecular weight is 230 g/mol. The Hall–Kier alpha value is -1.74. The minimum atomic E-state index is -0.343. The highest BCUT2D eigenvalue weighted by molar-refractivity contribution is 6.24. The minimum absolute atomic E-state index is 0.110. The summed E-state index contributed by atoms with van der Waals surface area (Å²) in [6, 6.07) is 6.88. The van der Waals surface area contributed by atoms with E-state index < -0.39 is 0 Å². The quantitative estimate of drug-likeness (QED) is 0.800. The van der Waals surface area contributed by atoms with Gasteiger partial charge in [0.25, 0.3) is 0 Å². The largest absolute Gasteiger partial charge is 0.374 e. The summed E-state index contributed by atoms with van der Waals surface area (Å²) in [6.45, 7) is 4.16. The van der Waals surface area contributed by atoms with Gasteiger partial charge in [-0.05, 0) is 19.9 Å². The van der Waals surface area contributed by atoms with Crippen molar-refractivity contribution in [3.8, 4) is 0 Å². The van der Waals surface area contributed by atoms with E-state index in [4.69, 9.17) is 4.74 Å². The van der Waals surface area contributed by atoms with Gasteiger partial charge in [0.1, 0.15) is 0 Å². The predicted octanol–water partition coefficient (Wildman–Crippen LogP) is 2.42. The van der Waals surface area contributed by atoms with E-state index in [1.165, 1.54) is 6.08 Å². The van der Waals surface area contributed by atoms with E-state index in [-0.39, 0.29) is 17.7 Å². The molecule has 88 valence electrons. The van der Waals surface area contributed by atoms with E-state index >= 15 is 0 Å². The van der Waals surface area contributed by atoms with Gasteiger partial charge in [0.2, 0.25) is 0 Å². The van der Waals surface area contributed by atoms with Gasteiger partial charge >= 0.3 is 0 Å². The smallest absolute Gasteiger partial charge is 0.192 e. The molecule has 17 heavy (non-hydrogen) atoms. The molecule has 0 bridgehead atoms. The third-order valence-corrected chi connectivity index (χ3v) is 2.84. The highest BCUT2D eigenvalue weighted by Gasteiger charge is 2.28. The number of ketones is 2. The van der Waals surface area contributed by atoms with Crippen LogP contribution in [-0.4, -0.2) is 24.3 Å². The Bertz CT molecular complexity index is 500. The third-order valence-electron chi connectivity index (χ3n) is 2.84. The van der Waals surface area contributed by atoms with Crippen LogP contribution in [0.5, 0.6) is 0 Å². The highest BCUT2D eigenvalue weighted by Crippen LogP contribution is 2.23. The van der Waals surface area contributed by atoms with Crippen molar-refractivity contribution in [2.45, 2.75) is 20.0 Å². The fourth-order valence-corrected chi connectivity index (χ4v) is 1.98. The molecular formula is C14H14O3. The van der Waals surface area contributed by atoms with Crippen LogP contribution in [0.1, 0.15) is 34.6 Å². The molecule has 0 heterocycles. The number of carbonyl (C=O) groups excluding carboxylic acids is 2. The van der Waals surface area contributed by atoms with Gasteiger partial charge in [-0.3, -0.25) is 9.59 Å². The summed E-state index contributed by atoms with van der Waals surface area (Å²) in [5, 5.41) is 0. The zero-order valence-electron chi connectivity index (χ0n) is 9.90. The molecular weight excluding hydrogens is 216 g/mol. The van der Waals surface area contributed by atoms with Crippen LogP contribution >= 0.6 is 0 Å². The summed E-state index contributed by atoms with van der Waals surface area (Å²) in [4.78, 5) is 24.0. The van der Waals surface area contributed by atoms with Gasteiger partial charge in [-0.25, -0.2) is 0 Å². The fraction of sp³-hybridized carbons (Fsp3) is 0.286. The van der Waals surface area contributed by atoms with E-state index in [0.29, 0.717) is 23.3 Å². The van der Waals surface area contributed by atoms with Crippen molar-refractivity contribution in [2.24, 2.45) is 0 Å². The second kappa shape index (κ2) is 4.63. The molecule has 0 spiro atoms. The third kappa shape index (κ3) is 2.06. The topological polar surface area (TPSA) is 43.4 Å². The predicted molar refractivity (Wildman–Crippen MR) is 64.3 cm³/mol. The average Bonchev–Trinajstić information content (AvgIpc) is 2.34. The van der Waals surface area contributed by atoms with E-state index in [9.17, 15) is 9.59 Å². The second-order valence-electron chi connectivity index (χ2n) is 3.94. The maximum Gasteiger partial charge on any atom is 0.192 e. The minimum Gasteiger partial charge on any atom is -0.374 e. The van der Waals surface area contributed by atoms with E-state index in [2.05, 4.69) is 0 Å². The molecule has 0 amide bonds. The number of allylic oxidation sites excluding steroid dienone is 1. The molecule has 1 unspecified atom stereocenters. The molecule has 2 rings (SSSR count). The Labute approximate surface area is 100 Å². The van der Waals surface area contributed by atoms with Gasteiger partial charge in [0.15, 0.2) is 11.6 Å². The van der Waals surface area contributed by atoms with Crippen LogP contribution in [0.4, 0.5) is 0 Å². The highest BCUT2D eigenvalue weighted by atomic mass is 16.5. The lowest BCUT2D eigenvalue weighted by molar-refractivity contribution is 0.0816. The number of ether oxygens (including phenoxy) is 1. The van der Waals surface area contributed by atoms with Gasteiger partial charge < -0.3 is 4.74 Å². The number of rotatable bonds is 3. The standard InChI is InChI=1S/C14H14O3/c1-3-17-9(2)12-8-13(15)10-6-4-5-7-11(10)14(12)16/h4-9H,3H2,1-2H3. The lowest BCUT2D eigenvalue weighted by Gasteiger charge is -2.19. The number of Topliss-reactive ketones (excluding diaryl/α,β-unsaturated/α-hetero) is 1. The Morgan fingerprint density at radius 2 is 1.82 bits per heavy atom. The SMILES string of the molecule is CCOC(C)C1=CC(=O)c2ccccc2C1=O. The zero-order chi connectivity index (χ0) is 12.4. The van der Waals surface area contributed by atoms with Crippen LogP contribution in [0.3, 0.4) is 0 Å². The number of hydrogen-bond acceptors (Lipinski definition) is 3. The molecule has 1 aliphatic carbocycles. The summed E-state index contributed by atoms with van der Waals surface area (Å²) in [5.74, 6) is -0.233. The molecule has 0 N–H and O–H groups in total. The van der Waals surface area contributed by atoms with Crippen LogP contribution in [0.2, 0.25) is 0 Å². The van der Waals surface area contributed by atoms with Gasteiger partial charge in [-0.15, -0.1) is 0 Å². The number of carbonyl (C=O) groups is 2. The zero-order valence-corrected chi connectivity index (χ0v) is 9.90. The lowest BCUT2D eigenvalue weighted by Crippen LogP contribution is -2.25. The van der Waals surface area contributed by atoms with E-state index in [1.807, 2.05) is 6.92 Å². The maximum absolute atomic E-state index is 12.2. The van der Waals surface area contributed by atoms with Crippen molar-refractivity contribution >= 4 is 11.6 Å². The van der Waals surface area contributed by atoms with Crippen molar-refractivity contribution in [3.05, 3.63) is 47.0 Å². The summed E-state index contributed by atoms with van der Waals surface area (Å²) in [6.07, 6.45) is 1.05. The molecule has 1 aromatic rings. The molecule has 0 saturated carbocycles. The first-order chi connectivity index (χ1) is 8.15. The monoisotopic (exact) mass is 230 g/mol. The van der Waals surface area contributed by atoms with E-state index in [0.717, 1.165) is 0 Å². The first-order valence-electron chi connectivity index (χ1n) is 5.66. The van der Waals surface area contributed by atoms with Gasteiger partial charge in [-0.2, -0.15) is 0 Å². The van der Waals surface area contributed by atoms with Crippen LogP contribution in [-0.2, 0) is 4.74 Å². The normalized spacial score (nSPS) is 16.5. The van der Waals surface area contributed by atoms with Crippen LogP contribution < -0.4 is 0 Å². The molecule has 3 heteroatoms. The molecule has 1 aliphatic rings. The van der Waals surface area contributed by atoms with Gasteiger partial charge in [-0.1, -0.05) is 24.3 Å². The summed E-state index contributed by atoms with van der Waals surface area (Å²) in [5.41, 5.74) is 1.39. The number of fused-ring (bicyclic) bond motifs is 1. The van der Waals surface area contributed by atoms with E-state index in [1.54, 1.807) is 31.2 Å². The van der Waals surface area contributed by atoms with Crippen molar-refractivity contribution < 1.29 is 14.3 Å². The summed E-state index contributed by atoms with van der Waals surface area (Å²) in [7, 11) is 0. The molecule has 0 radical (unpaired) electrons. The Kier molecular flexibility index (Phi) is 3.20. The Balaban J connectivity index is 2.41. The van der Waals surface area contributed by atoms with Crippen LogP contribution in [0.15, 0.2) is 35.9 Å². The Morgan fingerprint density at radius 3 is 2.47 bits per heavy atom. The van der Waals surface area contributed by atoms with Crippen molar-refractivity contribution in [1.82, 2.24) is 0 Å². The first kappa shape index (κ1) is 11.7. The maximum atomic E-state index is 12.2. The molecule has 1 atom stereocenters. The van der Waals surface area contributed by atoms with Crippen LogP contribution in [0, 0.1) is 0 Å². The lowest BCUT2D eigenvalue weighted by atomic mass is 9.87. The van der Waals surface area contributed by atoms with Crippen LogP contribution in [0.25, 0.3) is 0 Å².